The predicted molar refractivity (Wildman–Crippen MR) is 73.3 cm³/mol. The summed E-state index contributed by atoms with van der Waals surface area (Å²) in [6.07, 6.45) is 0.982. The number of hydrogen-bond donors (Lipinski definition) is 1. The molecule has 2 atom stereocenters. The Balaban J connectivity index is 1.64. The number of carbonyl (C=O) groups excluding carboxylic acids is 1. The van der Waals surface area contributed by atoms with E-state index < -0.39 is 0 Å². The highest BCUT2D eigenvalue weighted by Gasteiger charge is 2.45. The van der Waals surface area contributed by atoms with Crippen molar-refractivity contribution in [1.29, 1.82) is 0 Å². The van der Waals surface area contributed by atoms with Gasteiger partial charge in [-0.25, -0.2) is 0 Å². The highest BCUT2D eigenvalue weighted by molar-refractivity contribution is 5.83. The minimum atomic E-state index is 0.185. The molecule has 2 aliphatic rings. The van der Waals surface area contributed by atoms with Crippen molar-refractivity contribution in [3.05, 3.63) is 29.8 Å². The van der Waals surface area contributed by atoms with Crippen molar-refractivity contribution >= 4 is 5.91 Å². The third-order valence-electron chi connectivity index (χ3n) is 4.06. The van der Waals surface area contributed by atoms with Crippen molar-refractivity contribution in [3.8, 4) is 5.75 Å². The van der Waals surface area contributed by atoms with Gasteiger partial charge in [-0.05, 0) is 30.0 Å². The molecule has 0 aromatic heterocycles. The zero-order valence-electron chi connectivity index (χ0n) is 11.3. The lowest BCUT2D eigenvalue weighted by Gasteiger charge is -2.27. The lowest BCUT2D eigenvalue weighted by atomic mass is 10.1. The van der Waals surface area contributed by atoms with E-state index in [2.05, 4.69) is 17.4 Å². The van der Waals surface area contributed by atoms with Gasteiger partial charge in [0.15, 0.2) is 0 Å². The van der Waals surface area contributed by atoms with Gasteiger partial charge in [-0.1, -0.05) is 12.1 Å². The minimum absolute atomic E-state index is 0.185. The molecule has 1 aromatic carbocycles. The van der Waals surface area contributed by atoms with E-state index >= 15 is 0 Å². The van der Waals surface area contributed by atoms with Crippen LogP contribution in [0.2, 0.25) is 0 Å². The average molecular weight is 260 g/mol. The van der Waals surface area contributed by atoms with Gasteiger partial charge < -0.3 is 15.0 Å². The number of piperazine rings is 1. The molecule has 2 fully saturated rings. The fourth-order valence-corrected chi connectivity index (χ4v) is 2.83. The average Bonchev–Trinajstić information content (AvgIpc) is 3.28. The van der Waals surface area contributed by atoms with Gasteiger partial charge in [0.25, 0.3) is 0 Å². The Kier molecular flexibility index (Phi) is 3.42. The van der Waals surface area contributed by atoms with Gasteiger partial charge in [0, 0.05) is 32.1 Å². The fraction of sp³-hybridized carbons (Fsp3) is 0.533. The van der Waals surface area contributed by atoms with Crippen LogP contribution in [-0.4, -0.2) is 44.1 Å². The number of nitrogens with one attached hydrogen (secondary N) is 1. The SMILES string of the molecule is COc1cccc([C@H]2C[C@H]2C(=O)N2CCNCC2)c1. The molecule has 1 saturated carbocycles. The summed E-state index contributed by atoms with van der Waals surface area (Å²) >= 11 is 0. The van der Waals surface area contributed by atoms with Crippen LogP contribution < -0.4 is 10.1 Å². The van der Waals surface area contributed by atoms with E-state index in [1.54, 1.807) is 7.11 Å². The van der Waals surface area contributed by atoms with Gasteiger partial charge in [0.2, 0.25) is 5.91 Å². The van der Waals surface area contributed by atoms with Crippen LogP contribution in [-0.2, 0) is 4.79 Å². The van der Waals surface area contributed by atoms with E-state index in [0.29, 0.717) is 11.8 Å². The Bertz CT molecular complexity index is 469. The van der Waals surface area contributed by atoms with Crippen LogP contribution in [0.4, 0.5) is 0 Å². The summed E-state index contributed by atoms with van der Waals surface area (Å²) in [6, 6.07) is 8.09. The largest absolute Gasteiger partial charge is 0.497 e. The highest BCUT2D eigenvalue weighted by atomic mass is 16.5. The molecule has 1 amide bonds. The van der Waals surface area contributed by atoms with Gasteiger partial charge >= 0.3 is 0 Å². The van der Waals surface area contributed by atoms with Crippen LogP contribution in [0.3, 0.4) is 0 Å². The standard InChI is InChI=1S/C15H20N2O2/c1-19-12-4-2-3-11(9-12)13-10-14(13)15(18)17-7-5-16-6-8-17/h2-4,9,13-14,16H,5-8,10H2,1H3/t13-,14-/m1/s1. The maximum atomic E-state index is 12.4. The lowest BCUT2D eigenvalue weighted by Crippen LogP contribution is -2.47. The number of hydrogen-bond acceptors (Lipinski definition) is 3. The van der Waals surface area contributed by atoms with Crippen LogP contribution in [0.25, 0.3) is 0 Å². The quantitative estimate of drug-likeness (QED) is 0.889. The van der Waals surface area contributed by atoms with Crippen LogP contribution in [0.15, 0.2) is 24.3 Å². The zero-order chi connectivity index (χ0) is 13.2. The summed E-state index contributed by atoms with van der Waals surface area (Å²) in [5.41, 5.74) is 1.23. The van der Waals surface area contributed by atoms with Gasteiger partial charge in [0.05, 0.1) is 7.11 Å². The van der Waals surface area contributed by atoms with Crippen LogP contribution in [0.5, 0.6) is 5.75 Å². The van der Waals surface area contributed by atoms with Crippen LogP contribution in [0, 0.1) is 5.92 Å². The van der Waals surface area contributed by atoms with E-state index in [1.165, 1.54) is 5.56 Å². The Morgan fingerprint density at radius 1 is 1.37 bits per heavy atom. The number of methoxy groups -OCH3 is 1. The maximum absolute atomic E-state index is 12.4. The number of rotatable bonds is 3. The van der Waals surface area contributed by atoms with E-state index in [1.807, 2.05) is 17.0 Å². The summed E-state index contributed by atoms with van der Waals surface area (Å²) < 4.78 is 5.24. The number of carbonyl (C=O) groups is 1. The molecule has 1 aliphatic heterocycles. The summed E-state index contributed by atoms with van der Waals surface area (Å²) in [6.45, 7) is 3.53. The molecule has 4 nitrogen and oxygen atoms in total. The predicted octanol–water partition coefficient (Wildman–Crippen LogP) is 1.23. The molecule has 1 saturated heterocycles. The van der Waals surface area contributed by atoms with Crippen molar-refractivity contribution in [1.82, 2.24) is 10.2 Å². The second-order valence-corrected chi connectivity index (χ2v) is 5.30. The van der Waals surface area contributed by atoms with Crippen molar-refractivity contribution in [2.24, 2.45) is 5.92 Å². The molecular weight excluding hydrogens is 240 g/mol. The van der Waals surface area contributed by atoms with Gasteiger partial charge in [-0.3, -0.25) is 4.79 Å². The molecule has 4 heteroatoms. The lowest BCUT2D eigenvalue weighted by molar-refractivity contribution is -0.133. The molecule has 0 spiro atoms. The summed E-state index contributed by atoms with van der Waals surface area (Å²) in [4.78, 5) is 14.4. The molecule has 0 radical (unpaired) electrons. The van der Waals surface area contributed by atoms with Crippen LogP contribution in [0.1, 0.15) is 17.9 Å². The Morgan fingerprint density at radius 3 is 2.89 bits per heavy atom. The molecular formula is C15H20N2O2. The zero-order valence-corrected chi connectivity index (χ0v) is 11.3. The molecule has 1 aromatic rings. The first-order chi connectivity index (χ1) is 9.29. The molecule has 1 heterocycles. The number of nitrogens with zero attached hydrogens (tertiary/aromatic N) is 1. The Labute approximate surface area is 113 Å². The first-order valence-electron chi connectivity index (χ1n) is 6.93. The topological polar surface area (TPSA) is 41.6 Å². The number of ether oxygens (including phenoxy) is 1. The molecule has 0 unspecified atom stereocenters. The molecule has 1 N–H and O–H groups in total. The molecule has 3 rings (SSSR count). The maximum Gasteiger partial charge on any atom is 0.226 e. The summed E-state index contributed by atoms with van der Waals surface area (Å²) in [5, 5.41) is 3.28. The monoisotopic (exact) mass is 260 g/mol. The Hall–Kier alpha value is -1.55. The first kappa shape index (κ1) is 12.5. The van der Waals surface area contributed by atoms with Gasteiger partial charge in [0.1, 0.15) is 5.75 Å². The second kappa shape index (κ2) is 5.21. The van der Waals surface area contributed by atoms with Crippen molar-refractivity contribution in [3.63, 3.8) is 0 Å². The summed E-state index contributed by atoms with van der Waals surface area (Å²) in [7, 11) is 1.68. The summed E-state index contributed by atoms with van der Waals surface area (Å²) in [5.74, 6) is 1.77. The molecule has 0 bridgehead atoms. The Morgan fingerprint density at radius 2 is 2.16 bits per heavy atom. The smallest absolute Gasteiger partial charge is 0.226 e. The van der Waals surface area contributed by atoms with Crippen LogP contribution >= 0.6 is 0 Å². The second-order valence-electron chi connectivity index (χ2n) is 5.30. The molecule has 19 heavy (non-hydrogen) atoms. The molecule has 1 aliphatic carbocycles. The van der Waals surface area contributed by atoms with Gasteiger partial charge in [-0.15, -0.1) is 0 Å². The molecule has 102 valence electrons. The van der Waals surface area contributed by atoms with E-state index in [-0.39, 0.29) is 5.92 Å². The minimum Gasteiger partial charge on any atom is -0.497 e. The van der Waals surface area contributed by atoms with E-state index in [0.717, 1.165) is 38.3 Å². The normalized spacial score (nSPS) is 26.1. The first-order valence-corrected chi connectivity index (χ1v) is 6.93. The van der Waals surface area contributed by atoms with Crippen molar-refractivity contribution < 1.29 is 9.53 Å². The number of benzene rings is 1. The third-order valence-corrected chi connectivity index (χ3v) is 4.06. The van der Waals surface area contributed by atoms with Crippen molar-refractivity contribution in [2.75, 3.05) is 33.3 Å². The van der Waals surface area contributed by atoms with E-state index in [4.69, 9.17) is 4.74 Å². The van der Waals surface area contributed by atoms with E-state index in [9.17, 15) is 4.79 Å². The third kappa shape index (κ3) is 2.59. The van der Waals surface area contributed by atoms with Crippen molar-refractivity contribution in [2.45, 2.75) is 12.3 Å². The fourth-order valence-electron chi connectivity index (χ4n) is 2.83. The number of amides is 1. The highest BCUT2D eigenvalue weighted by Crippen LogP contribution is 2.49. The van der Waals surface area contributed by atoms with Gasteiger partial charge in [-0.2, -0.15) is 0 Å².